The summed E-state index contributed by atoms with van der Waals surface area (Å²) < 4.78 is 1.01. The van der Waals surface area contributed by atoms with Gasteiger partial charge in [-0.25, -0.2) is 10.4 Å². The first-order valence-corrected chi connectivity index (χ1v) is 10.2. The van der Waals surface area contributed by atoms with Crippen LogP contribution in [0.25, 0.3) is 0 Å². The van der Waals surface area contributed by atoms with Crippen LogP contribution in [-0.4, -0.2) is 40.8 Å². The summed E-state index contributed by atoms with van der Waals surface area (Å²) in [6.45, 7) is 3.84. The van der Waals surface area contributed by atoms with Crippen LogP contribution in [0.3, 0.4) is 0 Å². The molecule has 2 atom stereocenters. The number of carbonyl (C=O) groups is 2. The van der Waals surface area contributed by atoms with E-state index in [1.807, 2.05) is 56.3 Å². The molecule has 2 N–H and O–H groups in total. The largest absolute Gasteiger partial charge is 0.324 e. The number of fused-ring (bicyclic) bond motifs is 1. The van der Waals surface area contributed by atoms with E-state index < -0.39 is 0 Å². The fourth-order valence-corrected chi connectivity index (χ4v) is 3.84. The zero-order valence-corrected chi connectivity index (χ0v) is 17.8. The molecular formula is C21H22BrN5O2. The monoisotopic (exact) mass is 455 g/mol. The van der Waals surface area contributed by atoms with Crippen LogP contribution in [0.2, 0.25) is 0 Å². The van der Waals surface area contributed by atoms with Gasteiger partial charge < -0.3 is 5.32 Å². The molecule has 7 nitrogen and oxygen atoms in total. The molecule has 0 saturated carbocycles. The van der Waals surface area contributed by atoms with E-state index >= 15 is 0 Å². The van der Waals surface area contributed by atoms with E-state index in [-0.39, 0.29) is 30.4 Å². The van der Waals surface area contributed by atoms with Gasteiger partial charge >= 0.3 is 0 Å². The maximum absolute atomic E-state index is 12.9. The van der Waals surface area contributed by atoms with Crippen LogP contribution < -0.4 is 10.7 Å². The van der Waals surface area contributed by atoms with Crippen LogP contribution in [0.15, 0.2) is 52.0 Å². The number of hydrazine groups is 1. The number of anilines is 1. The lowest BCUT2D eigenvalue weighted by Gasteiger charge is -2.29. The van der Waals surface area contributed by atoms with Crippen LogP contribution in [0.5, 0.6) is 0 Å². The molecule has 0 aromatic heterocycles. The Morgan fingerprint density at radius 1 is 1.24 bits per heavy atom. The normalized spacial score (nSPS) is 20.7. The van der Waals surface area contributed by atoms with Crippen LogP contribution in [0.4, 0.5) is 5.69 Å². The van der Waals surface area contributed by atoms with Gasteiger partial charge in [0.1, 0.15) is 18.9 Å². The van der Waals surface area contributed by atoms with Gasteiger partial charge in [0.2, 0.25) is 5.91 Å². The summed E-state index contributed by atoms with van der Waals surface area (Å²) in [5.74, 6) is -0.455. The molecule has 2 aliphatic rings. The summed E-state index contributed by atoms with van der Waals surface area (Å²) >= 11 is 3.44. The molecule has 4 rings (SSSR count). The molecule has 29 heavy (non-hydrogen) atoms. The van der Waals surface area contributed by atoms with Gasteiger partial charge in [0.15, 0.2) is 0 Å². The number of hydrogen-bond acceptors (Lipinski definition) is 5. The van der Waals surface area contributed by atoms with E-state index in [0.717, 1.165) is 26.9 Å². The van der Waals surface area contributed by atoms with Gasteiger partial charge in [-0.2, -0.15) is 5.10 Å². The predicted octanol–water partition coefficient (Wildman–Crippen LogP) is 3.11. The summed E-state index contributed by atoms with van der Waals surface area (Å²) in [5.41, 5.74) is 7.27. The summed E-state index contributed by atoms with van der Waals surface area (Å²) in [6, 6.07) is 13.4. The molecule has 2 heterocycles. The maximum atomic E-state index is 12.9. The molecule has 8 heteroatoms. The van der Waals surface area contributed by atoms with Crippen molar-refractivity contribution in [3.05, 3.63) is 63.6 Å². The molecule has 0 spiro atoms. The van der Waals surface area contributed by atoms with Crippen molar-refractivity contribution in [3.63, 3.8) is 0 Å². The molecule has 2 aliphatic heterocycles. The number of rotatable bonds is 4. The lowest BCUT2D eigenvalue weighted by Crippen LogP contribution is -2.52. The van der Waals surface area contributed by atoms with Gasteiger partial charge in [-0.1, -0.05) is 40.2 Å². The Bertz CT molecular complexity index is 976. The summed E-state index contributed by atoms with van der Waals surface area (Å²) in [4.78, 5) is 25.4. The molecule has 0 aliphatic carbocycles. The zero-order valence-electron chi connectivity index (χ0n) is 16.2. The fraction of sp³-hybridized carbons (Fsp3) is 0.286. The molecular weight excluding hydrogens is 434 g/mol. The lowest BCUT2D eigenvalue weighted by molar-refractivity contribution is -0.139. The van der Waals surface area contributed by atoms with Crippen molar-refractivity contribution in [2.75, 3.05) is 11.9 Å². The molecule has 2 aromatic carbocycles. The van der Waals surface area contributed by atoms with Gasteiger partial charge in [0, 0.05) is 10.2 Å². The van der Waals surface area contributed by atoms with E-state index in [0.29, 0.717) is 6.42 Å². The first kappa shape index (κ1) is 19.6. The second-order valence-electron chi connectivity index (χ2n) is 7.31. The minimum Gasteiger partial charge on any atom is -0.324 e. The first-order valence-electron chi connectivity index (χ1n) is 9.44. The van der Waals surface area contributed by atoms with Crippen LogP contribution in [-0.2, 0) is 9.59 Å². The lowest BCUT2D eigenvalue weighted by atomic mass is 10.0. The Balaban J connectivity index is 1.41. The summed E-state index contributed by atoms with van der Waals surface area (Å²) in [7, 11) is 0. The number of benzene rings is 2. The average Bonchev–Trinajstić information content (AvgIpc) is 3.13. The number of nitrogens with zero attached hydrogens (tertiary/aromatic N) is 3. The highest BCUT2D eigenvalue weighted by atomic mass is 79.9. The second-order valence-corrected chi connectivity index (χ2v) is 8.23. The fourth-order valence-electron chi connectivity index (χ4n) is 3.58. The highest BCUT2D eigenvalue weighted by Crippen LogP contribution is 2.30. The Hall–Kier alpha value is -2.71. The molecule has 1 fully saturated rings. The molecule has 0 bridgehead atoms. The number of aryl methyl sites for hydroxylation is 1. The minimum absolute atomic E-state index is 0.0206. The number of nitrogens with one attached hydrogen (secondary N) is 2. The molecule has 0 radical (unpaired) electrons. The van der Waals surface area contributed by atoms with Crippen LogP contribution in [0.1, 0.15) is 29.2 Å². The number of halogens is 1. The number of hydrogen-bond donors (Lipinski definition) is 2. The van der Waals surface area contributed by atoms with Gasteiger partial charge in [0.25, 0.3) is 5.91 Å². The highest BCUT2D eigenvalue weighted by Gasteiger charge is 2.41. The van der Waals surface area contributed by atoms with E-state index in [4.69, 9.17) is 0 Å². The van der Waals surface area contributed by atoms with E-state index in [1.54, 1.807) is 11.3 Å². The first-order chi connectivity index (χ1) is 13.9. The second kappa shape index (κ2) is 7.96. The number of amides is 2. The third-order valence-electron chi connectivity index (χ3n) is 5.40. The molecule has 2 unspecified atom stereocenters. The van der Waals surface area contributed by atoms with Gasteiger partial charge in [-0.3, -0.25) is 14.6 Å². The maximum Gasteiger partial charge on any atom is 0.267 e. The van der Waals surface area contributed by atoms with Crippen molar-refractivity contribution in [1.82, 2.24) is 15.4 Å². The van der Waals surface area contributed by atoms with Crippen molar-refractivity contribution in [3.8, 4) is 0 Å². The van der Waals surface area contributed by atoms with E-state index in [9.17, 15) is 9.59 Å². The molecule has 2 amide bonds. The topological polar surface area (TPSA) is 77.0 Å². The third-order valence-corrected chi connectivity index (χ3v) is 5.93. The van der Waals surface area contributed by atoms with Gasteiger partial charge in [0.05, 0.1) is 6.04 Å². The molecule has 1 saturated heterocycles. The Kier molecular flexibility index (Phi) is 5.38. The van der Waals surface area contributed by atoms with E-state index in [1.165, 1.54) is 5.01 Å². The highest BCUT2D eigenvalue weighted by molar-refractivity contribution is 9.10. The van der Waals surface area contributed by atoms with Gasteiger partial charge in [-0.05, 0) is 55.2 Å². The third kappa shape index (κ3) is 4.04. The van der Waals surface area contributed by atoms with Crippen molar-refractivity contribution in [1.29, 1.82) is 0 Å². The Labute approximate surface area is 177 Å². The van der Waals surface area contributed by atoms with Crippen molar-refractivity contribution < 1.29 is 9.59 Å². The van der Waals surface area contributed by atoms with Crippen molar-refractivity contribution >= 4 is 39.8 Å². The number of hydrazone groups is 1. The number of carbonyl (C=O) groups excluding carboxylic acids is 2. The Morgan fingerprint density at radius 2 is 2.00 bits per heavy atom. The SMILES string of the molecule is Cc1cccc(NC(=O)CN2N=CN3NC(c4ccc(Br)cc4)CC3C2=O)c1C. The average molecular weight is 456 g/mol. The van der Waals surface area contributed by atoms with E-state index in [2.05, 4.69) is 31.8 Å². The van der Waals surface area contributed by atoms with Crippen LogP contribution >= 0.6 is 15.9 Å². The summed E-state index contributed by atoms with van der Waals surface area (Å²) in [5, 5.41) is 10.0. The molecule has 150 valence electrons. The zero-order chi connectivity index (χ0) is 20.5. The predicted molar refractivity (Wildman–Crippen MR) is 115 cm³/mol. The van der Waals surface area contributed by atoms with Crippen molar-refractivity contribution in [2.45, 2.75) is 32.4 Å². The van der Waals surface area contributed by atoms with Crippen LogP contribution in [0, 0.1) is 13.8 Å². The smallest absolute Gasteiger partial charge is 0.267 e. The Morgan fingerprint density at radius 3 is 2.76 bits per heavy atom. The summed E-state index contributed by atoms with van der Waals surface area (Å²) in [6.07, 6.45) is 2.19. The van der Waals surface area contributed by atoms with Gasteiger partial charge in [-0.15, -0.1) is 0 Å². The van der Waals surface area contributed by atoms with Crippen molar-refractivity contribution in [2.24, 2.45) is 5.10 Å². The molecule has 2 aromatic rings. The minimum atomic E-state index is -0.380. The quantitative estimate of drug-likeness (QED) is 0.742. The standard InChI is InChI=1S/C21H22BrN5O2/c1-13-4-3-5-17(14(13)2)24-20(28)11-26-21(29)19-10-18(25-27(19)12-23-26)15-6-8-16(22)9-7-15/h3-9,12,18-19,25H,10-11H2,1-2H3,(H,24,28).